The highest BCUT2D eigenvalue weighted by Crippen LogP contribution is 2.23. The van der Waals surface area contributed by atoms with Gasteiger partial charge in [0.25, 0.3) is 0 Å². The SMILES string of the molecule is CCC(C)OC(=O)c1ccc2c(c1)CCCN2. The molecule has 1 aromatic carbocycles. The van der Waals surface area contributed by atoms with Gasteiger partial charge in [-0.2, -0.15) is 0 Å². The van der Waals surface area contributed by atoms with Gasteiger partial charge in [-0.15, -0.1) is 0 Å². The van der Waals surface area contributed by atoms with Crippen LogP contribution in [-0.2, 0) is 11.2 Å². The minimum atomic E-state index is -0.215. The average Bonchev–Trinajstić information content (AvgIpc) is 2.38. The number of carbonyl (C=O) groups excluding carboxylic acids is 1. The van der Waals surface area contributed by atoms with E-state index in [-0.39, 0.29) is 12.1 Å². The first kappa shape index (κ1) is 12.0. The van der Waals surface area contributed by atoms with Crippen LogP contribution in [0, 0.1) is 0 Å². The molecule has 1 atom stereocenters. The van der Waals surface area contributed by atoms with Crippen molar-refractivity contribution >= 4 is 11.7 Å². The predicted molar refractivity (Wildman–Crippen MR) is 68.4 cm³/mol. The normalized spacial score (nSPS) is 15.6. The van der Waals surface area contributed by atoms with Gasteiger partial charge < -0.3 is 10.1 Å². The van der Waals surface area contributed by atoms with Gasteiger partial charge in [-0.05, 0) is 49.9 Å². The molecule has 3 heteroatoms. The van der Waals surface area contributed by atoms with Crippen LogP contribution >= 0.6 is 0 Å². The molecule has 2 rings (SSSR count). The van der Waals surface area contributed by atoms with Gasteiger partial charge in [0.15, 0.2) is 0 Å². The number of hydrogen-bond acceptors (Lipinski definition) is 3. The summed E-state index contributed by atoms with van der Waals surface area (Å²) in [4.78, 5) is 11.9. The molecule has 3 nitrogen and oxygen atoms in total. The molecule has 1 aliphatic rings. The van der Waals surface area contributed by atoms with Crippen LogP contribution in [0.15, 0.2) is 18.2 Å². The summed E-state index contributed by atoms with van der Waals surface area (Å²) in [7, 11) is 0. The van der Waals surface area contributed by atoms with Gasteiger partial charge in [-0.3, -0.25) is 0 Å². The second-order valence-corrected chi connectivity index (χ2v) is 4.53. The summed E-state index contributed by atoms with van der Waals surface area (Å²) >= 11 is 0. The Morgan fingerprint density at radius 3 is 3.12 bits per heavy atom. The molecule has 1 heterocycles. The van der Waals surface area contributed by atoms with E-state index in [1.54, 1.807) is 0 Å². The highest BCUT2D eigenvalue weighted by molar-refractivity contribution is 5.90. The van der Waals surface area contributed by atoms with Crippen LogP contribution in [0.4, 0.5) is 5.69 Å². The fraction of sp³-hybridized carbons (Fsp3) is 0.500. The average molecular weight is 233 g/mol. The summed E-state index contributed by atoms with van der Waals surface area (Å²) < 4.78 is 5.32. The summed E-state index contributed by atoms with van der Waals surface area (Å²) in [5.41, 5.74) is 3.03. The molecule has 0 bridgehead atoms. The lowest BCUT2D eigenvalue weighted by Gasteiger charge is -2.18. The Bertz CT molecular complexity index is 415. The smallest absolute Gasteiger partial charge is 0.338 e. The number of benzene rings is 1. The van der Waals surface area contributed by atoms with Gasteiger partial charge in [0, 0.05) is 12.2 Å². The van der Waals surface area contributed by atoms with Crippen molar-refractivity contribution in [3.8, 4) is 0 Å². The number of nitrogens with one attached hydrogen (secondary N) is 1. The number of anilines is 1. The molecule has 0 saturated carbocycles. The zero-order valence-electron chi connectivity index (χ0n) is 10.5. The Morgan fingerprint density at radius 2 is 2.35 bits per heavy atom. The van der Waals surface area contributed by atoms with E-state index in [0.29, 0.717) is 5.56 Å². The van der Waals surface area contributed by atoms with Crippen molar-refractivity contribution in [1.82, 2.24) is 0 Å². The summed E-state index contributed by atoms with van der Waals surface area (Å²) in [6.07, 6.45) is 2.98. The third kappa shape index (κ3) is 2.78. The van der Waals surface area contributed by atoms with Gasteiger partial charge in [0.1, 0.15) is 0 Å². The Kier molecular flexibility index (Phi) is 3.67. The molecule has 1 unspecified atom stereocenters. The topological polar surface area (TPSA) is 38.3 Å². The molecule has 17 heavy (non-hydrogen) atoms. The van der Waals surface area contributed by atoms with Crippen molar-refractivity contribution in [2.45, 2.75) is 39.2 Å². The number of carbonyl (C=O) groups is 1. The van der Waals surface area contributed by atoms with E-state index in [2.05, 4.69) is 5.32 Å². The summed E-state index contributed by atoms with van der Waals surface area (Å²) in [6, 6.07) is 5.76. The fourth-order valence-electron chi connectivity index (χ4n) is 1.94. The van der Waals surface area contributed by atoms with Crippen molar-refractivity contribution in [3.63, 3.8) is 0 Å². The van der Waals surface area contributed by atoms with E-state index in [1.165, 1.54) is 5.56 Å². The minimum absolute atomic E-state index is 0.0170. The van der Waals surface area contributed by atoms with Crippen LogP contribution in [0.1, 0.15) is 42.6 Å². The van der Waals surface area contributed by atoms with Crippen molar-refractivity contribution < 1.29 is 9.53 Å². The molecule has 0 aromatic heterocycles. The molecule has 0 amide bonds. The zero-order valence-corrected chi connectivity index (χ0v) is 10.5. The Balaban J connectivity index is 2.13. The molecule has 0 fully saturated rings. The van der Waals surface area contributed by atoms with E-state index in [0.717, 1.165) is 31.5 Å². The van der Waals surface area contributed by atoms with E-state index in [1.807, 2.05) is 32.0 Å². The van der Waals surface area contributed by atoms with Crippen LogP contribution in [0.5, 0.6) is 0 Å². The maximum absolute atomic E-state index is 11.9. The lowest BCUT2D eigenvalue weighted by atomic mass is 10.0. The maximum atomic E-state index is 11.9. The number of aryl methyl sites for hydroxylation is 1. The minimum Gasteiger partial charge on any atom is -0.459 e. The summed E-state index contributed by atoms with van der Waals surface area (Å²) in [5, 5.41) is 3.33. The van der Waals surface area contributed by atoms with Gasteiger partial charge in [0.05, 0.1) is 11.7 Å². The Labute approximate surface area is 102 Å². The molecule has 0 spiro atoms. The maximum Gasteiger partial charge on any atom is 0.338 e. The van der Waals surface area contributed by atoms with Crippen molar-refractivity contribution in [2.24, 2.45) is 0 Å². The molecule has 1 aromatic rings. The number of esters is 1. The molecule has 1 N–H and O–H groups in total. The van der Waals surface area contributed by atoms with Crippen molar-refractivity contribution in [1.29, 1.82) is 0 Å². The van der Waals surface area contributed by atoms with E-state index < -0.39 is 0 Å². The van der Waals surface area contributed by atoms with Gasteiger partial charge in [0.2, 0.25) is 0 Å². The largest absolute Gasteiger partial charge is 0.459 e. The number of rotatable bonds is 3. The Morgan fingerprint density at radius 1 is 1.53 bits per heavy atom. The zero-order chi connectivity index (χ0) is 12.3. The summed E-state index contributed by atoms with van der Waals surface area (Å²) in [6.45, 7) is 4.94. The number of hydrogen-bond donors (Lipinski definition) is 1. The van der Waals surface area contributed by atoms with E-state index in [4.69, 9.17) is 4.74 Å². The first-order valence-electron chi connectivity index (χ1n) is 6.28. The molecule has 0 aliphatic carbocycles. The van der Waals surface area contributed by atoms with E-state index >= 15 is 0 Å². The lowest BCUT2D eigenvalue weighted by molar-refractivity contribution is 0.0334. The second kappa shape index (κ2) is 5.21. The second-order valence-electron chi connectivity index (χ2n) is 4.53. The van der Waals surface area contributed by atoms with Crippen LogP contribution < -0.4 is 5.32 Å². The van der Waals surface area contributed by atoms with E-state index in [9.17, 15) is 4.79 Å². The third-order valence-corrected chi connectivity index (χ3v) is 3.16. The number of ether oxygens (including phenoxy) is 1. The summed E-state index contributed by atoms with van der Waals surface area (Å²) in [5.74, 6) is -0.215. The molecule has 1 aliphatic heterocycles. The van der Waals surface area contributed by atoms with Crippen LogP contribution in [0.25, 0.3) is 0 Å². The molecular formula is C14H19NO2. The molecule has 0 saturated heterocycles. The fourth-order valence-corrected chi connectivity index (χ4v) is 1.94. The molecular weight excluding hydrogens is 214 g/mol. The Hall–Kier alpha value is -1.51. The van der Waals surface area contributed by atoms with Crippen molar-refractivity contribution in [3.05, 3.63) is 29.3 Å². The predicted octanol–water partition coefficient (Wildman–Crippen LogP) is 3.00. The standard InChI is InChI=1S/C14H19NO2/c1-3-10(2)17-14(16)12-6-7-13-11(9-12)5-4-8-15-13/h6-7,9-10,15H,3-5,8H2,1-2H3. The first-order valence-corrected chi connectivity index (χ1v) is 6.28. The molecule has 0 radical (unpaired) electrons. The van der Waals surface area contributed by atoms with Crippen LogP contribution in [-0.4, -0.2) is 18.6 Å². The monoisotopic (exact) mass is 233 g/mol. The van der Waals surface area contributed by atoms with Crippen molar-refractivity contribution in [2.75, 3.05) is 11.9 Å². The van der Waals surface area contributed by atoms with Crippen LogP contribution in [0.2, 0.25) is 0 Å². The van der Waals surface area contributed by atoms with Gasteiger partial charge in [-0.1, -0.05) is 6.92 Å². The first-order chi connectivity index (χ1) is 8.20. The van der Waals surface area contributed by atoms with Gasteiger partial charge in [-0.25, -0.2) is 4.79 Å². The molecule has 92 valence electrons. The third-order valence-electron chi connectivity index (χ3n) is 3.16. The van der Waals surface area contributed by atoms with Crippen LogP contribution in [0.3, 0.4) is 0 Å². The highest BCUT2D eigenvalue weighted by atomic mass is 16.5. The lowest BCUT2D eigenvalue weighted by Crippen LogP contribution is -2.16. The number of fused-ring (bicyclic) bond motifs is 1. The highest BCUT2D eigenvalue weighted by Gasteiger charge is 2.14. The van der Waals surface area contributed by atoms with Gasteiger partial charge >= 0.3 is 5.97 Å². The quantitative estimate of drug-likeness (QED) is 0.816.